The van der Waals surface area contributed by atoms with Gasteiger partial charge in [-0.15, -0.1) is 0 Å². The molecule has 0 spiro atoms. The summed E-state index contributed by atoms with van der Waals surface area (Å²) in [4.78, 5) is 13.7. The first-order valence-electron chi connectivity index (χ1n) is 6.95. The van der Waals surface area contributed by atoms with Gasteiger partial charge in [-0.1, -0.05) is 42.5 Å². The quantitative estimate of drug-likeness (QED) is 0.863. The Kier molecular flexibility index (Phi) is 5.18. The number of rotatable bonds is 3. The van der Waals surface area contributed by atoms with E-state index < -0.39 is 6.10 Å². The van der Waals surface area contributed by atoms with E-state index in [1.165, 1.54) is 0 Å². The molecule has 0 heterocycles. The van der Waals surface area contributed by atoms with Crippen LogP contribution in [0, 0.1) is 0 Å². The molecule has 1 aromatic carbocycles. The van der Waals surface area contributed by atoms with Crippen molar-refractivity contribution in [3.63, 3.8) is 0 Å². The second-order valence-corrected chi connectivity index (χ2v) is 5.11. The predicted octanol–water partition coefficient (Wildman–Crippen LogP) is 2.72. The van der Waals surface area contributed by atoms with E-state index in [0.29, 0.717) is 6.42 Å². The zero-order chi connectivity index (χ0) is 14.4. The van der Waals surface area contributed by atoms with Crippen LogP contribution in [-0.4, -0.2) is 35.3 Å². The molecule has 0 saturated heterocycles. The molecular weight excluding hydrogens is 254 g/mol. The number of hydrogen-bond acceptors (Lipinski definition) is 3. The van der Waals surface area contributed by atoms with E-state index in [0.717, 1.165) is 18.4 Å². The van der Waals surface area contributed by atoms with E-state index in [4.69, 9.17) is 4.74 Å². The van der Waals surface area contributed by atoms with E-state index >= 15 is 0 Å². The van der Waals surface area contributed by atoms with Crippen LogP contribution in [0.4, 0.5) is 4.79 Å². The van der Waals surface area contributed by atoms with Crippen LogP contribution in [0.25, 0.3) is 0 Å². The number of hydrogen-bond donors (Lipinski definition) is 1. The van der Waals surface area contributed by atoms with Gasteiger partial charge in [0.1, 0.15) is 6.61 Å². The van der Waals surface area contributed by atoms with Crippen molar-refractivity contribution in [2.24, 2.45) is 0 Å². The largest absolute Gasteiger partial charge is 0.445 e. The summed E-state index contributed by atoms with van der Waals surface area (Å²) in [5.74, 6) is 0. The third kappa shape index (κ3) is 4.10. The fourth-order valence-corrected chi connectivity index (χ4v) is 2.29. The van der Waals surface area contributed by atoms with Crippen molar-refractivity contribution in [3.05, 3.63) is 48.0 Å². The normalized spacial score (nSPS) is 22.1. The van der Waals surface area contributed by atoms with Gasteiger partial charge in [0.2, 0.25) is 0 Å². The van der Waals surface area contributed by atoms with Gasteiger partial charge in [-0.05, 0) is 24.8 Å². The van der Waals surface area contributed by atoms with Gasteiger partial charge >= 0.3 is 6.09 Å². The van der Waals surface area contributed by atoms with Crippen molar-refractivity contribution in [1.82, 2.24) is 4.90 Å². The van der Waals surface area contributed by atoms with Crippen LogP contribution in [-0.2, 0) is 11.3 Å². The highest BCUT2D eigenvalue weighted by Crippen LogP contribution is 2.17. The molecular formula is C16H21NO3. The predicted molar refractivity (Wildman–Crippen MR) is 77.2 cm³/mol. The van der Waals surface area contributed by atoms with Gasteiger partial charge < -0.3 is 14.7 Å². The van der Waals surface area contributed by atoms with Crippen molar-refractivity contribution in [1.29, 1.82) is 0 Å². The van der Waals surface area contributed by atoms with E-state index in [2.05, 4.69) is 0 Å². The lowest BCUT2D eigenvalue weighted by Crippen LogP contribution is -2.37. The summed E-state index contributed by atoms with van der Waals surface area (Å²) >= 11 is 0. The maximum atomic E-state index is 12.0. The number of benzene rings is 1. The Morgan fingerprint density at radius 3 is 2.85 bits per heavy atom. The molecule has 1 unspecified atom stereocenters. The van der Waals surface area contributed by atoms with E-state index in [1.807, 2.05) is 36.4 Å². The summed E-state index contributed by atoms with van der Waals surface area (Å²) in [5, 5.41) is 9.56. The fourth-order valence-electron chi connectivity index (χ4n) is 2.29. The average Bonchev–Trinajstić information content (AvgIpc) is 2.70. The first-order chi connectivity index (χ1) is 9.66. The van der Waals surface area contributed by atoms with Gasteiger partial charge in [-0.25, -0.2) is 4.79 Å². The summed E-state index contributed by atoms with van der Waals surface area (Å²) in [6, 6.07) is 9.72. The SMILES string of the molecule is CN(C(=O)OCc1ccccc1)[C@H]1CC=CC(O)CC1. The van der Waals surface area contributed by atoms with Crippen LogP contribution in [0.3, 0.4) is 0 Å². The molecule has 108 valence electrons. The molecule has 1 amide bonds. The first-order valence-corrected chi connectivity index (χ1v) is 6.95. The molecule has 0 aromatic heterocycles. The lowest BCUT2D eigenvalue weighted by Gasteiger charge is -2.26. The van der Waals surface area contributed by atoms with E-state index in [-0.39, 0.29) is 18.7 Å². The smallest absolute Gasteiger partial charge is 0.410 e. The number of carbonyl (C=O) groups excluding carboxylic acids is 1. The summed E-state index contributed by atoms with van der Waals surface area (Å²) in [5.41, 5.74) is 0.977. The molecule has 1 aliphatic carbocycles. The molecule has 0 fully saturated rings. The van der Waals surface area contributed by atoms with Gasteiger partial charge in [-0.3, -0.25) is 0 Å². The van der Waals surface area contributed by atoms with Crippen LogP contribution >= 0.6 is 0 Å². The molecule has 1 N–H and O–H groups in total. The number of carbonyl (C=O) groups is 1. The summed E-state index contributed by atoms with van der Waals surface area (Å²) in [6.07, 6.45) is 5.24. The van der Waals surface area contributed by atoms with Crippen LogP contribution in [0.2, 0.25) is 0 Å². The lowest BCUT2D eigenvalue weighted by atomic mass is 10.1. The molecule has 1 aromatic rings. The molecule has 4 nitrogen and oxygen atoms in total. The van der Waals surface area contributed by atoms with Gasteiger partial charge in [0, 0.05) is 13.1 Å². The Hall–Kier alpha value is -1.81. The number of aliphatic hydroxyl groups is 1. The van der Waals surface area contributed by atoms with Crippen molar-refractivity contribution in [3.8, 4) is 0 Å². The molecule has 0 bridgehead atoms. The average molecular weight is 275 g/mol. The third-order valence-corrected chi connectivity index (χ3v) is 3.60. The van der Waals surface area contributed by atoms with Crippen LogP contribution < -0.4 is 0 Å². The van der Waals surface area contributed by atoms with Crippen LogP contribution in [0.5, 0.6) is 0 Å². The lowest BCUT2D eigenvalue weighted by molar-refractivity contribution is 0.0875. The zero-order valence-electron chi connectivity index (χ0n) is 11.7. The Balaban J connectivity index is 1.84. The maximum Gasteiger partial charge on any atom is 0.410 e. The number of ether oxygens (including phenoxy) is 1. The van der Waals surface area contributed by atoms with Crippen molar-refractivity contribution < 1.29 is 14.6 Å². The highest BCUT2D eigenvalue weighted by molar-refractivity contribution is 5.67. The number of amides is 1. The fraction of sp³-hybridized carbons (Fsp3) is 0.438. The monoisotopic (exact) mass is 275 g/mol. The highest BCUT2D eigenvalue weighted by atomic mass is 16.6. The van der Waals surface area contributed by atoms with Crippen molar-refractivity contribution in [2.75, 3.05) is 7.05 Å². The van der Waals surface area contributed by atoms with Crippen LogP contribution in [0.1, 0.15) is 24.8 Å². The Labute approximate surface area is 119 Å². The first kappa shape index (κ1) is 14.6. The molecule has 1 aliphatic rings. The highest BCUT2D eigenvalue weighted by Gasteiger charge is 2.22. The Morgan fingerprint density at radius 2 is 2.10 bits per heavy atom. The summed E-state index contributed by atoms with van der Waals surface area (Å²) in [6.45, 7) is 0.287. The van der Waals surface area contributed by atoms with E-state index in [9.17, 15) is 9.90 Å². The summed E-state index contributed by atoms with van der Waals surface area (Å²) < 4.78 is 5.31. The molecule has 2 atom stereocenters. The summed E-state index contributed by atoms with van der Waals surface area (Å²) in [7, 11) is 1.75. The molecule has 4 heteroatoms. The maximum absolute atomic E-state index is 12.0. The Bertz CT molecular complexity index is 458. The second-order valence-electron chi connectivity index (χ2n) is 5.11. The van der Waals surface area contributed by atoms with Gasteiger partial charge in [0.05, 0.1) is 6.10 Å². The molecule has 20 heavy (non-hydrogen) atoms. The third-order valence-electron chi connectivity index (χ3n) is 3.60. The molecule has 0 saturated carbocycles. The van der Waals surface area contributed by atoms with Crippen molar-refractivity contribution >= 4 is 6.09 Å². The topological polar surface area (TPSA) is 49.8 Å². The molecule has 2 rings (SSSR count). The minimum Gasteiger partial charge on any atom is -0.445 e. The zero-order valence-corrected chi connectivity index (χ0v) is 11.7. The Morgan fingerprint density at radius 1 is 1.35 bits per heavy atom. The number of nitrogens with zero attached hydrogens (tertiary/aromatic N) is 1. The number of aliphatic hydroxyl groups excluding tert-OH is 1. The standard InChI is InChI=1S/C16H21NO3/c1-17(14-8-5-9-15(18)11-10-14)16(19)20-12-13-6-3-2-4-7-13/h2-7,9,14-15,18H,8,10-12H2,1H3/t14-,15?/m0/s1. The molecule has 0 aliphatic heterocycles. The van der Waals surface area contributed by atoms with Gasteiger partial charge in [0.25, 0.3) is 0 Å². The van der Waals surface area contributed by atoms with Crippen LogP contribution in [0.15, 0.2) is 42.5 Å². The second kappa shape index (κ2) is 7.10. The minimum atomic E-state index is -0.395. The van der Waals surface area contributed by atoms with Crippen molar-refractivity contribution in [2.45, 2.75) is 38.0 Å². The van der Waals surface area contributed by atoms with E-state index in [1.54, 1.807) is 18.0 Å². The molecule has 0 radical (unpaired) electrons. The van der Waals surface area contributed by atoms with Gasteiger partial charge in [0.15, 0.2) is 0 Å². The minimum absolute atomic E-state index is 0.0895. The van der Waals surface area contributed by atoms with Gasteiger partial charge in [-0.2, -0.15) is 0 Å².